The normalized spacial score (nSPS) is 14.4. The van der Waals surface area contributed by atoms with Crippen LogP contribution in [0.1, 0.15) is 79.2 Å². The summed E-state index contributed by atoms with van der Waals surface area (Å²) in [6.45, 7) is 3.96. The van der Waals surface area contributed by atoms with Crippen molar-refractivity contribution in [2.45, 2.75) is 49.3 Å². The van der Waals surface area contributed by atoms with E-state index in [-0.39, 0.29) is 53.7 Å². The highest BCUT2D eigenvalue weighted by Gasteiger charge is 2.42. The van der Waals surface area contributed by atoms with E-state index in [2.05, 4.69) is 0 Å². The molecular weight excluding hydrogens is 677 g/mol. The number of ether oxygens (including phenoxy) is 1. The minimum absolute atomic E-state index is 0.0232. The van der Waals surface area contributed by atoms with Crippen LogP contribution >= 0.6 is 0 Å². The van der Waals surface area contributed by atoms with Crippen molar-refractivity contribution in [2.75, 3.05) is 0 Å². The molecule has 4 amide bonds. The number of hydroxylamine groups is 4. The van der Waals surface area contributed by atoms with Gasteiger partial charge in [-0.3, -0.25) is 19.2 Å². The molecule has 49 heavy (non-hydrogen) atoms. The van der Waals surface area contributed by atoms with Crippen LogP contribution < -0.4 is 4.74 Å². The Balaban J connectivity index is 1.16. The molecule has 0 atom stereocenters. The van der Waals surface area contributed by atoms with Crippen LogP contribution in [0.25, 0.3) is 0 Å². The van der Waals surface area contributed by atoms with E-state index in [9.17, 15) is 36.0 Å². The zero-order valence-electron chi connectivity index (χ0n) is 26.1. The first kappa shape index (κ1) is 33.7. The minimum atomic E-state index is -4.53. The molecule has 4 aromatic rings. The lowest BCUT2D eigenvalue weighted by molar-refractivity contribution is -0.0107. The fourth-order valence-electron chi connectivity index (χ4n) is 5.30. The summed E-state index contributed by atoms with van der Waals surface area (Å²) in [6, 6.07) is 19.3. The van der Waals surface area contributed by atoms with Gasteiger partial charge in [-0.2, -0.15) is 16.8 Å². The maximum atomic E-state index is 13.1. The maximum absolute atomic E-state index is 13.1. The van der Waals surface area contributed by atoms with E-state index < -0.39 is 43.9 Å². The van der Waals surface area contributed by atoms with Crippen LogP contribution in [0.5, 0.6) is 11.5 Å². The van der Waals surface area contributed by atoms with E-state index in [0.29, 0.717) is 0 Å². The zero-order chi connectivity index (χ0) is 35.1. The highest BCUT2D eigenvalue weighted by Crippen LogP contribution is 2.34. The number of fused-ring (bicyclic) bond motifs is 2. The quantitative estimate of drug-likeness (QED) is 0.177. The Labute approximate surface area is 281 Å². The average Bonchev–Trinajstić information content (AvgIpc) is 3.44. The van der Waals surface area contributed by atoms with Gasteiger partial charge >= 0.3 is 20.2 Å². The molecule has 13 nitrogen and oxygen atoms in total. The van der Waals surface area contributed by atoms with Gasteiger partial charge in [0.25, 0.3) is 23.6 Å². The average molecular weight is 705 g/mol. The Hall–Kier alpha value is -5.22. The Bertz CT molecular complexity index is 2070. The smallest absolute Gasteiger partial charge is 0.318 e. The fourth-order valence-corrected chi connectivity index (χ4v) is 7.07. The van der Waals surface area contributed by atoms with Gasteiger partial charge in [-0.25, -0.2) is 0 Å². The lowest BCUT2D eigenvalue weighted by atomic mass is 10.1. The van der Waals surface area contributed by atoms with Gasteiger partial charge in [0.2, 0.25) is 0 Å². The molecule has 0 N–H and O–H groups in total. The second kappa shape index (κ2) is 13.0. The van der Waals surface area contributed by atoms with E-state index in [4.69, 9.17) is 13.3 Å². The third-order valence-electron chi connectivity index (χ3n) is 7.72. The molecule has 0 aliphatic carbocycles. The fraction of sp³-hybridized carbons (Fsp3) is 0.176. The molecule has 0 bridgehead atoms. The van der Waals surface area contributed by atoms with Crippen LogP contribution in [-0.2, 0) is 41.6 Å². The number of rotatable bonds is 12. The first-order valence-corrected chi connectivity index (χ1v) is 17.9. The van der Waals surface area contributed by atoms with Crippen molar-refractivity contribution in [2.24, 2.45) is 0 Å². The molecule has 252 valence electrons. The number of carbonyl (C=O) groups excluding carboxylic acids is 4. The summed E-state index contributed by atoms with van der Waals surface area (Å²) >= 11 is 0. The number of hydrogen-bond donors (Lipinski definition) is 0. The number of carbonyl (C=O) groups is 4. The monoisotopic (exact) mass is 704 g/mol. The first-order valence-electron chi connectivity index (χ1n) is 15.1. The van der Waals surface area contributed by atoms with Gasteiger partial charge < -0.3 is 4.74 Å². The molecule has 0 saturated carbocycles. The Morgan fingerprint density at radius 1 is 0.490 bits per heavy atom. The molecule has 0 unspecified atom stereocenters. The van der Waals surface area contributed by atoms with Crippen molar-refractivity contribution in [3.8, 4) is 11.5 Å². The molecular formula is C34H28N2O11S2. The molecule has 0 spiro atoms. The molecule has 15 heteroatoms. The number of aryl methyl sites for hydroxylation is 2. The second-order valence-corrected chi connectivity index (χ2v) is 14.2. The van der Waals surface area contributed by atoms with Crippen molar-refractivity contribution in [3.05, 3.63) is 118 Å². The number of amides is 4. The maximum Gasteiger partial charge on any atom is 0.318 e. The summed E-state index contributed by atoms with van der Waals surface area (Å²) in [5, 5.41) is 0.317. The Kier molecular flexibility index (Phi) is 8.94. The van der Waals surface area contributed by atoms with Crippen molar-refractivity contribution < 1.29 is 49.3 Å². The third kappa shape index (κ3) is 6.48. The molecule has 2 aliphatic heterocycles. The van der Waals surface area contributed by atoms with Crippen molar-refractivity contribution >= 4 is 43.9 Å². The van der Waals surface area contributed by atoms with E-state index in [1.165, 1.54) is 60.7 Å². The Morgan fingerprint density at radius 3 is 1.18 bits per heavy atom. The standard InChI is InChI=1S/C34H28N2O11S2/c1-3-5-21-7-13-25(14-8-21)48(41,42)46-35-31(37)27-17-11-23(19-29(27)33(35)39)45-24-12-18-28-30(20-24)34(40)36(32(28)38)47-49(43,44)26-15-9-22(6-4-2)10-16-26/h7-20H,3-6H2,1-2H3. The minimum Gasteiger partial charge on any atom is -0.457 e. The van der Waals surface area contributed by atoms with Gasteiger partial charge in [-0.1, -0.05) is 51.0 Å². The van der Waals surface area contributed by atoms with Crippen LogP contribution in [0.4, 0.5) is 0 Å². The van der Waals surface area contributed by atoms with Crippen LogP contribution in [0.3, 0.4) is 0 Å². The van der Waals surface area contributed by atoms with Gasteiger partial charge in [-0.05, 0) is 84.6 Å². The second-order valence-electron chi connectivity index (χ2n) is 11.2. The van der Waals surface area contributed by atoms with Crippen LogP contribution in [-0.4, -0.2) is 50.6 Å². The van der Waals surface area contributed by atoms with Gasteiger partial charge in [0.15, 0.2) is 0 Å². The summed E-state index contributed by atoms with van der Waals surface area (Å²) in [5.41, 5.74) is 1.17. The van der Waals surface area contributed by atoms with Crippen LogP contribution in [0.15, 0.2) is 94.7 Å². The molecule has 2 heterocycles. The van der Waals surface area contributed by atoms with Crippen molar-refractivity contribution in [3.63, 3.8) is 0 Å². The van der Waals surface area contributed by atoms with E-state index >= 15 is 0 Å². The third-order valence-corrected chi connectivity index (χ3v) is 10.1. The molecule has 4 aromatic carbocycles. The number of hydrogen-bond acceptors (Lipinski definition) is 11. The van der Waals surface area contributed by atoms with Crippen LogP contribution in [0.2, 0.25) is 0 Å². The largest absolute Gasteiger partial charge is 0.457 e. The lowest BCUT2D eigenvalue weighted by Gasteiger charge is -2.13. The van der Waals surface area contributed by atoms with Crippen molar-refractivity contribution in [1.82, 2.24) is 10.1 Å². The molecule has 0 radical (unpaired) electrons. The van der Waals surface area contributed by atoms with E-state index in [1.54, 1.807) is 24.3 Å². The van der Waals surface area contributed by atoms with Gasteiger partial charge in [0.05, 0.1) is 32.0 Å². The molecule has 6 rings (SSSR count). The predicted molar refractivity (Wildman–Crippen MR) is 171 cm³/mol. The molecule has 0 fully saturated rings. The summed E-state index contributed by atoms with van der Waals surface area (Å²) in [7, 11) is -9.06. The number of benzene rings is 4. The highest BCUT2D eigenvalue weighted by atomic mass is 32.2. The molecule has 0 aromatic heterocycles. The van der Waals surface area contributed by atoms with Crippen LogP contribution in [0, 0.1) is 0 Å². The summed E-state index contributed by atoms with van der Waals surface area (Å²) in [5.74, 6) is -4.02. The van der Waals surface area contributed by atoms with Gasteiger partial charge in [-0.15, -0.1) is 18.7 Å². The SMILES string of the molecule is CCCc1ccc(S(=O)(=O)ON2C(=O)c3ccc(Oc4ccc5c(c4)C(=O)N(OS(=O)(=O)c4ccc(CCC)cc4)C5=O)cc3C2=O)cc1. The summed E-state index contributed by atoms with van der Waals surface area (Å²) < 4.78 is 67.1. The molecule has 2 aliphatic rings. The zero-order valence-corrected chi connectivity index (χ0v) is 27.7. The lowest BCUT2D eigenvalue weighted by Crippen LogP contribution is -2.32. The predicted octanol–water partition coefficient (Wildman–Crippen LogP) is 5.22. The topological polar surface area (TPSA) is 171 Å². The highest BCUT2D eigenvalue weighted by molar-refractivity contribution is 7.87. The van der Waals surface area contributed by atoms with Crippen molar-refractivity contribution in [1.29, 1.82) is 0 Å². The van der Waals surface area contributed by atoms with E-state index in [1.807, 2.05) is 13.8 Å². The molecule has 0 saturated heterocycles. The Morgan fingerprint density at radius 2 is 0.837 bits per heavy atom. The van der Waals surface area contributed by atoms with Gasteiger partial charge in [0.1, 0.15) is 11.5 Å². The summed E-state index contributed by atoms with van der Waals surface area (Å²) in [4.78, 5) is 51.6. The van der Waals surface area contributed by atoms with Gasteiger partial charge in [0, 0.05) is 0 Å². The number of imide groups is 2. The van der Waals surface area contributed by atoms with E-state index in [0.717, 1.165) is 36.8 Å². The first-order chi connectivity index (χ1) is 23.3. The number of nitrogens with zero attached hydrogens (tertiary/aromatic N) is 2. The summed E-state index contributed by atoms with van der Waals surface area (Å²) in [6.07, 6.45) is 3.22.